The van der Waals surface area contributed by atoms with Crippen LogP contribution in [-0.4, -0.2) is 34.5 Å². The van der Waals surface area contributed by atoms with Crippen molar-refractivity contribution in [2.45, 2.75) is 13.3 Å². The average molecular weight is 356 g/mol. The lowest BCUT2D eigenvalue weighted by atomic mass is 10.1. The predicted octanol–water partition coefficient (Wildman–Crippen LogP) is 4.01. The minimum atomic E-state index is -0.0291. The summed E-state index contributed by atoms with van der Waals surface area (Å²) in [7, 11) is 1.76. The molecule has 128 valence electrons. The molecule has 0 aliphatic rings. The van der Waals surface area contributed by atoms with Gasteiger partial charge in [-0.25, -0.2) is 0 Å². The third-order valence-electron chi connectivity index (χ3n) is 3.85. The molecule has 1 aromatic heterocycles. The first-order valence-electron chi connectivity index (χ1n) is 7.94. The molecule has 0 radical (unpaired) electrons. The van der Waals surface area contributed by atoms with Crippen LogP contribution in [0.25, 0.3) is 11.5 Å². The first-order valence-corrected chi connectivity index (χ1v) is 8.32. The molecule has 0 atom stereocenters. The topological polar surface area (TPSA) is 59.2 Å². The van der Waals surface area contributed by atoms with Crippen molar-refractivity contribution >= 4 is 17.5 Å². The molecule has 2 aromatic carbocycles. The van der Waals surface area contributed by atoms with Crippen molar-refractivity contribution in [1.29, 1.82) is 0 Å². The van der Waals surface area contributed by atoms with Crippen LogP contribution in [0.5, 0.6) is 0 Å². The largest absolute Gasteiger partial charge is 0.341 e. The van der Waals surface area contributed by atoms with Crippen molar-refractivity contribution in [3.05, 3.63) is 70.5 Å². The highest BCUT2D eigenvalue weighted by Crippen LogP contribution is 2.25. The maximum absolute atomic E-state index is 12.4. The molecule has 3 aromatic rings. The number of aromatic nitrogens is 2. The lowest BCUT2D eigenvalue weighted by Gasteiger charge is -2.16. The van der Waals surface area contributed by atoms with E-state index in [1.165, 1.54) is 0 Å². The van der Waals surface area contributed by atoms with Gasteiger partial charge in [-0.15, -0.1) is 0 Å². The molecule has 5 nitrogen and oxygen atoms in total. The summed E-state index contributed by atoms with van der Waals surface area (Å²) in [4.78, 5) is 18.4. The van der Waals surface area contributed by atoms with E-state index in [9.17, 15) is 4.79 Å². The number of amides is 1. The van der Waals surface area contributed by atoms with Gasteiger partial charge in [-0.3, -0.25) is 4.79 Å². The van der Waals surface area contributed by atoms with Gasteiger partial charge in [0.25, 0.3) is 11.8 Å². The first kappa shape index (κ1) is 17.2. The predicted molar refractivity (Wildman–Crippen MR) is 96.6 cm³/mol. The second kappa shape index (κ2) is 7.49. The lowest BCUT2D eigenvalue weighted by molar-refractivity contribution is 0.0795. The van der Waals surface area contributed by atoms with E-state index in [-0.39, 0.29) is 5.91 Å². The monoisotopic (exact) mass is 355 g/mol. The van der Waals surface area contributed by atoms with E-state index in [2.05, 4.69) is 10.1 Å². The minimum absolute atomic E-state index is 0.0291. The second-order valence-electron chi connectivity index (χ2n) is 5.84. The van der Waals surface area contributed by atoms with Crippen LogP contribution in [0, 0.1) is 6.92 Å². The normalized spacial score (nSPS) is 10.7. The number of aryl methyl sites for hydroxylation is 1. The molecular weight excluding hydrogens is 338 g/mol. The summed E-state index contributed by atoms with van der Waals surface area (Å²) in [6, 6.07) is 14.8. The van der Waals surface area contributed by atoms with Crippen LogP contribution >= 0.6 is 11.6 Å². The summed E-state index contributed by atoms with van der Waals surface area (Å²) in [5.41, 5.74) is 2.43. The number of halogens is 1. The number of nitrogens with zero attached hydrogens (tertiary/aromatic N) is 3. The Kier molecular flexibility index (Phi) is 5.14. The zero-order chi connectivity index (χ0) is 17.8. The molecule has 1 heterocycles. The van der Waals surface area contributed by atoms with Crippen LogP contribution in [0.3, 0.4) is 0 Å². The van der Waals surface area contributed by atoms with E-state index in [0.717, 1.165) is 5.56 Å². The zero-order valence-electron chi connectivity index (χ0n) is 14.1. The average Bonchev–Trinajstić information content (AvgIpc) is 3.08. The summed E-state index contributed by atoms with van der Waals surface area (Å²) < 4.78 is 5.28. The SMILES string of the molecule is Cc1cccc(C(=O)N(C)CCc2noc(-c3ccccc3Cl)n2)c1. The van der Waals surface area contributed by atoms with Crippen molar-refractivity contribution in [2.24, 2.45) is 0 Å². The molecule has 25 heavy (non-hydrogen) atoms. The Morgan fingerprint density at radius 3 is 2.76 bits per heavy atom. The van der Waals surface area contributed by atoms with Gasteiger partial charge in [0, 0.05) is 25.6 Å². The number of carbonyl (C=O) groups is 1. The Hall–Kier alpha value is -2.66. The van der Waals surface area contributed by atoms with Gasteiger partial charge < -0.3 is 9.42 Å². The highest BCUT2D eigenvalue weighted by Gasteiger charge is 2.15. The van der Waals surface area contributed by atoms with Crippen molar-refractivity contribution < 1.29 is 9.32 Å². The van der Waals surface area contributed by atoms with Gasteiger partial charge in [0.05, 0.1) is 10.6 Å². The quantitative estimate of drug-likeness (QED) is 0.693. The molecule has 0 aliphatic carbocycles. The van der Waals surface area contributed by atoms with E-state index in [1.807, 2.05) is 49.4 Å². The summed E-state index contributed by atoms with van der Waals surface area (Å²) in [6.07, 6.45) is 0.502. The number of likely N-dealkylation sites (N-methyl/N-ethyl adjacent to an activating group) is 1. The molecule has 0 bridgehead atoms. The standard InChI is InChI=1S/C19H18ClN3O2/c1-13-6-5-7-14(12-13)19(24)23(2)11-10-17-21-18(25-22-17)15-8-3-4-9-16(15)20/h3-9,12H,10-11H2,1-2H3. The lowest BCUT2D eigenvalue weighted by Crippen LogP contribution is -2.29. The van der Waals surface area contributed by atoms with Gasteiger partial charge in [0.15, 0.2) is 5.82 Å². The number of rotatable bonds is 5. The number of hydrogen-bond acceptors (Lipinski definition) is 4. The van der Waals surface area contributed by atoms with Crippen LogP contribution in [0.2, 0.25) is 5.02 Å². The van der Waals surface area contributed by atoms with Crippen molar-refractivity contribution in [3.8, 4) is 11.5 Å². The molecule has 3 rings (SSSR count). The first-order chi connectivity index (χ1) is 12.0. The van der Waals surface area contributed by atoms with Gasteiger partial charge in [-0.2, -0.15) is 4.98 Å². The molecule has 0 saturated carbocycles. The van der Waals surface area contributed by atoms with Crippen LogP contribution < -0.4 is 0 Å². The van der Waals surface area contributed by atoms with Crippen LogP contribution in [0.15, 0.2) is 53.1 Å². The maximum Gasteiger partial charge on any atom is 0.259 e. The van der Waals surface area contributed by atoms with Crippen LogP contribution in [0.4, 0.5) is 0 Å². The third kappa shape index (κ3) is 4.06. The van der Waals surface area contributed by atoms with E-state index in [0.29, 0.717) is 40.8 Å². The van der Waals surface area contributed by atoms with Gasteiger partial charge in [-0.1, -0.05) is 46.6 Å². The van der Waals surface area contributed by atoms with E-state index in [1.54, 1.807) is 18.0 Å². The van der Waals surface area contributed by atoms with Crippen molar-refractivity contribution in [2.75, 3.05) is 13.6 Å². The highest BCUT2D eigenvalue weighted by molar-refractivity contribution is 6.33. The second-order valence-corrected chi connectivity index (χ2v) is 6.25. The van der Waals surface area contributed by atoms with Crippen molar-refractivity contribution in [3.63, 3.8) is 0 Å². The number of carbonyl (C=O) groups excluding carboxylic acids is 1. The van der Waals surface area contributed by atoms with E-state index >= 15 is 0 Å². The van der Waals surface area contributed by atoms with Gasteiger partial charge >= 0.3 is 0 Å². The Morgan fingerprint density at radius 2 is 2.00 bits per heavy atom. The number of hydrogen-bond donors (Lipinski definition) is 0. The summed E-state index contributed by atoms with van der Waals surface area (Å²) >= 11 is 6.14. The van der Waals surface area contributed by atoms with Crippen LogP contribution in [0.1, 0.15) is 21.7 Å². The van der Waals surface area contributed by atoms with Crippen molar-refractivity contribution in [1.82, 2.24) is 15.0 Å². The van der Waals surface area contributed by atoms with Gasteiger partial charge in [0.1, 0.15) is 0 Å². The van der Waals surface area contributed by atoms with Crippen LogP contribution in [-0.2, 0) is 6.42 Å². The summed E-state index contributed by atoms with van der Waals surface area (Å²) in [6.45, 7) is 2.46. The fourth-order valence-electron chi connectivity index (χ4n) is 2.47. The molecule has 0 aliphatic heterocycles. The minimum Gasteiger partial charge on any atom is -0.341 e. The van der Waals surface area contributed by atoms with E-state index < -0.39 is 0 Å². The maximum atomic E-state index is 12.4. The highest BCUT2D eigenvalue weighted by atomic mass is 35.5. The summed E-state index contributed by atoms with van der Waals surface area (Å²) in [5.74, 6) is 0.894. The van der Waals surface area contributed by atoms with E-state index in [4.69, 9.17) is 16.1 Å². The summed E-state index contributed by atoms with van der Waals surface area (Å²) in [5, 5.41) is 4.53. The molecule has 0 spiro atoms. The molecule has 0 unspecified atom stereocenters. The molecular formula is C19H18ClN3O2. The molecule has 0 saturated heterocycles. The smallest absolute Gasteiger partial charge is 0.259 e. The fraction of sp³-hybridized carbons (Fsp3) is 0.211. The Balaban J connectivity index is 1.64. The Morgan fingerprint density at radius 1 is 1.20 bits per heavy atom. The third-order valence-corrected chi connectivity index (χ3v) is 4.18. The molecule has 6 heteroatoms. The Labute approximate surface area is 151 Å². The number of benzene rings is 2. The Bertz CT molecular complexity index is 892. The van der Waals surface area contributed by atoms with Gasteiger partial charge in [0.2, 0.25) is 0 Å². The molecule has 1 amide bonds. The molecule has 0 N–H and O–H groups in total. The fourth-order valence-corrected chi connectivity index (χ4v) is 2.68. The van der Waals surface area contributed by atoms with Gasteiger partial charge in [-0.05, 0) is 31.2 Å². The molecule has 0 fully saturated rings. The zero-order valence-corrected chi connectivity index (χ0v) is 14.8.